The van der Waals surface area contributed by atoms with Gasteiger partial charge in [0.2, 0.25) is 10.0 Å². The Kier molecular flexibility index (Phi) is 5.28. The summed E-state index contributed by atoms with van der Waals surface area (Å²) >= 11 is 0. The van der Waals surface area contributed by atoms with E-state index in [0.717, 1.165) is 6.42 Å². The van der Waals surface area contributed by atoms with Gasteiger partial charge in [-0.2, -0.15) is 0 Å². The number of sulfonamides is 1. The molecule has 0 aliphatic carbocycles. The lowest BCUT2D eigenvalue weighted by Crippen LogP contribution is -2.54. The van der Waals surface area contributed by atoms with E-state index in [9.17, 15) is 18.0 Å². The molecule has 0 aromatic rings. The molecule has 126 valence electrons. The van der Waals surface area contributed by atoms with E-state index < -0.39 is 21.9 Å². The Morgan fingerprint density at radius 3 is 2.45 bits per heavy atom. The molecule has 2 aliphatic rings. The maximum absolute atomic E-state index is 12.2. The average molecular weight is 333 g/mol. The lowest BCUT2D eigenvalue weighted by atomic mass is 9.98. The first-order valence-corrected chi connectivity index (χ1v) is 9.35. The molecule has 2 amide bonds. The Morgan fingerprint density at radius 1 is 1.14 bits per heavy atom. The van der Waals surface area contributed by atoms with E-state index in [1.165, 1.54) is 15.5 Å². The molecule has 9 heteroatoms. The van der Waals surface area contributed by atoms with Gasteiger partial charge < -0.3 is 15.3 Å². The Hall–Kier alpha value is -1.35. The lowest BCUT2D eigenvalue weighted by Gasteiger charge is -2.35. The van der Waals surface area contributed by atoms with Gasteiger partial charge in [0, 0.05) is 32.2 Å². The van der Waals surface area contributed by atoms with Crippen LogP contribution in [0, 0.1) is 5.92 Å². The zero-order valence-electron chi connectivity index (χ0n) is 12.7. The molecule has 0 saturated carbocycles. The van der Waals surface area contributed by atoms with Gasteiger partial charge in [-0.05, 0) is 25.7 Å². The van der Waals surface area contributed by atoms with Gasteiger partial charge in [-0.15, -0.1) is 0 Å². The molecule has 2 aliphatic heterocycles. The molecule has 8 nitrogen and oxygen atoms in total. The molecule has 22 heavy (non-hydrogen) atoms. The van der Waals surface area contributed by atoms with E-state index in [4.69, 9.17) is 5.11 Å². The number of nitrogens with one attached hydrogen (secondary N) is 1. The number of carbonyl (C=O) groups is 2. The minimum atomic E-state index is -3.25. The molecule has 2 fully saturated rings. The van der Waals surface area contributed by atoms with Crippen LogP contribution in [0.4, 0.5) is 4.79 Å². The quantitative estimate of drug-likeness (QED) is 0.751. The summed E-state index contributed by atoms with van der Waals surface area (Å²) < 4.78 is 24.5. The number of aliphatic carboxylic acids is 1. The molecule has 2 N–H and O–H groups in total. The molecule has 2 rings (SSSR count). The Bertz CT molecular complexity index is 536. The van der Waals surface area contributed by atoms with Crippen LogP contribution in [0.3, 0.4) is 0 Å². The number of carbonyl (C=O) groups excluding carboxylic acids is 1. The highest BCUT2D eigenvalue weighted by molar-refractivity contribution is 7.88. The normalized spacial score (nSPS) is 27.4. The summed E-state index contributed by atoms with van der Waals surface area (Å²) in [6, 6.07) is -0.521. The van der Waals surface area contributed by atoms with Crippen molar-refractivity contribution in [1.29, 1.82) is 0 Å². The van der Waals surface area contributed by atoms with Crippen molar-refractivity contribution in [3.8, 4) is 0 Å². The first kappa shape index (κ1) is 17.0. The minimum Gasteiger partial charge on any atom is -0.481 e. The summed E-state index contributed by atoms with van der Waals surface area (Å²) in [4.78, 5) is 24.8. The molecule has 0 aromatic heterocycles. The third-order valence-corrected chi connectivity index (χ3v) is 5.51. The van der Waals surface area contributed by atoms with Crippen molar-refractivity contribution < 1.29 is 23.1 Å². The highest BCUT2D eigenvalue weighted by Gasteiger charge is 2.31. The summed E-state index contributed by atoms with van der Waals surface area (Å²) in [7, 11) is -3.25. The standard InChI is InChI=1S/C13H23N3O5S/c1-22(20,21)16-7-3-5-11(9-16)14-13(19)15-6-2-4-10(8-15)12(17)18/h10-11H,2-9H2,1H3,(H,14,19)(H,17,18). The van der Waals surface area contributed by atoms with E-state index >= 15 is 0 Å². The number of nitrogens with zero attached hydrogens (tertiary/aromatic N) is 2. The molecule has 0 radical (unpaired) electrons. The van der Waals surface area contributed by atoms with Crippen molar-refractivity contribution in [3.05, 3.63) is 0 Å². The number of hydrogen-bond acceptors (Lipinski definition) is 4. The fourth-order valence-corrected chi connectivity index (χ4v) is 3.90. The number of likely N-dealkylation sites (tertiary alicyclic amines) is 1. The number of rotatable bonds is 3. The SMILES string of the molecule is CS(=O)(=O)N1CCCC(NC(=O)N2CCCC(C(=O)O)C2)C1. The van der Waals surface area contributed by atoms with Gasteiger partial charge in [-0.25, -0.2) is 17.5 Å². The number of piperidine rings is 2. The van der Waals surface area contributed by atoms with Crippen molar-refractivity contribution in [2.24, 2.45) is 5.92 Å². The van der Waals surface area contributed by atoms with Crippen LogP contribution in [0.2, 0.25) is 0 Å². The van der Waals surface area contributed by atoms with Gasteiger partial charge in [-0.1, -0.05) is 0 Å². The van der Waals surface area contributed by atoms with E-state index in [1.807, 2.05) is 0 Å². The smallest absolute Gasteiger partial charge is 0.317 e. The van der Waals surface area contributed by atoms with Crippen LogP contribution < -0.4 is 5.32 Å². The summed E-state index contributed by atoms with van der Waals surface area (Å²) in [5.41, 5.74) is 0. The van der Waals surface area contributed by atoms with Crippen molar-refractivity contribution in [3.63, 3.8) is 0 Å². The van der Waals surface area contributed by atoms with Crippen molar-refractivity contribution in [2.75, 3.05) is 32.4 Å². The first-order valence-electron chi connectivity index (χ1n) is 7.50. The highest BCUT2D eigenvalue weighted by Crippen LogP contribution is 2.18. The predicted molar refractivity (Wildman–Crippen MR) is 79.9 cm³/mol. The van der Waals surface area contributed by atoms with Crippen LogP contribution in [0.5, 0.6) is 0 Å². The third-order valence-electron chi connectivity index (χ3n) is 4.24. The fraction of sp³-hybridized carbons (Fsp3) is 0.846. The largest absolute Gasteiger partial charge is 0.481 e. The Balaban J connectivity index is 1.90. The number of amides is 2. The average Bonchev–Trinajstić information content (AvgIpc) is 2.46. The number of urea groups is 1. The van der Waals surface area contributed by atoms with Crippen molar-refractivity contribution in [2.45, 2.75) is 31.7 Å². The monoisotopic (exact) mass is 333 g/mol. The number of hydrogen-bond donors (Lipinski definition) is 2. The van der Waals surface area contributed by atoms with Gasteiger partial charge in [0.05, 0.1) is 12.2 Å². The Labute approximate surface area is 130 Å². The second-order valence-corrected chi connectivity index (χ2v) is 8.02. The van der Waals surface area contributed by atoms with Crippen LogP contribution in [0.15, 0.2) is 0 Å². The lowest BCUT2D eigenvalue weighted by molar-refractivity contribution is -0.143. The van der Waals surface area contributed by atoms with Crippen LogP contribution in [-0.2, 0) is 14.8 Å². The second kappa shape index (κ2) is 6.82. The maximum Gasteiger partial charge on any atom is 0.317 e. The Morgan fingerprint density at radius 2 is 1.82 bits per heavy atom. The number of carboxylic acids is 1. The molecule has 2 unspecified atom stereocenters. The summed E-state index contributed by atoms with van der Waals surface area (Å²) in [5, 5.41) is 11.9. The summed E-state index contributed by atoms with van der Waals surface area (Å²) in [6.45, 7) is 1.51. The van der Waals surface area contributed by atoms with Gasteiger partial charge in [0.15, 0.2) is 0 Å². The zero-order chi connectivity index (χ0) is 16.3. The van der Waals surface area contributed by atoms with Gasteiger partial charge in [0.1, 0.15) is 0 Å². The van der Waals surface area contributed by atoms with Crippen molar-refractivity contribution >= 4 is 22.0 Å². The van der Waals surface area contributed by atoms with Gasteiger partial charge in [-0.3, -0.25) is 4.79 Å². The van der Waals surface area contributed by atoms with Gasteiger partial charge >= 0.3 is 12.0 Å². The second-order valence-electron chi connectivity index (χ2n) is 6.03. The summed E-state index contributed by atoms with van der Waals surface area (Å²) in [6.07, 6.45) is 3.86. The van der Waals surface area contributed by atoms with E-state index in [0.29, 0.717) is 32.4 Å². The summed E-state index contributed by atoms with van der Waals surface area (Å²) in [5.74, 6) is -1.39. The van der Waals surface area contributed by atoms with Crippen LogP contribution >= 0.6 is 0 Å². The van der Waals surface area contributed by atoms with Gasteiger partial charge in [0.25, 0.3) is 0 Å². The van der Waals surface area contributed by atoms with E-state index in [2.05, 4.69) is 5.32 Å². The molecular weight excluding hydrogens is 310 g/mol. The molecule has 2 saturated heterocycles. The molecular formula is C13H23N3O5S. The molecule has 2 atom stereocenters. The maximum atomic E-state index is 12.2. The highest BCUT2D eigenvalue weighted by atomic mass is 32.2. The first-order chi connectivity index (χ1) is 10.3. The number of carboxylic acid groups (broad SMARTS) is 1. The van der Waals surface area contributed by atoms with Crippen LogP contribution in [0.25, 0.3) is 0 Å². The van der Waals surface area contributed by atoms with Crippen LogP contribution in [0.1, 0.15) is 25.7 Å². The molecule has 2 heterocycles. The van der Waals surface area contributed by atoms with Crippen LogP contribution in [-0.4, -0.2) is 73.2 Å². The molecule has 0 spiro atoms. The fourth-order valence-electron chi connectivity index (χ4n) is 2.99. The minimum absolute atomic E-state index is 0.212. The third kappa shape index (κ3) is 4.33. The topological polar surface area (TPSA) is 107 Å². The van der Waals surface area contributed by atoms with Crippen molar-refractivity contribution in [1.82, 2.24) is 14.5 Å². The molecule has 0 aromatic carbocycles. The zero-order valence-corrected chi connectivity index (χ0v) is 13.5. The predicted octanol–water partition coefficient (Wildman–Crippen LogP) is -0.0834. The van der Waals surface area contributed by atoms with E-state index in [1.54, 1.807) is 0 Å². The van der Waals surface area contributed by atoms with E-state index in [-0.39, 0.29) is 25.2 Å². The molecule has 0 bridgehead atoms.